The summed E-state index contributed by atoms with van der Waals surface area (Å²) in [6, 6.07) is 15.3. The lowest BCUT2D eigenvalue weighted by molar-refractivity contribution is -0.118. The first-order chi connectivity index (χ1) is 12.1. The number of thioether (sulfide) groups is 1. The number of hydrogen-bond donors (Lipinski definition) is 1. The second-order valence-corrected chi connectivity index (χ2v) is 6.18. The molecule has 1 amide bonds. The monoisotopic (exact) mass is 355 g/mol. The highest BCUT2D eigenvalue weighted by Crippen LogP contribution is 2.24. The van der Waals surface area contributed by atoms with Crippen molar-refractivity contribution in [2.24, 2.45) is 0 Å². The summed E-state index contributed by atoms with van der Waals surface area (Å²) in [5.74, 6) is 0.621. The number of aromatic nitrogens is 2. The molecule has 0 unspecified atom stereocenters. The molecule has 0 radical (unpaired) electrons. The van der Waals surface area contributed by atoms with E-state index in [1.165, 1.54) is 0 Å². The second kappa shape index (κ2) is 7.85. The van der Waals surface area contributed by atoms with E-state index in [0.29, 0.717) is 11.6 Å². The van der Waals surface area contributed by atoms with E-state index in [2.05, 4.69) is 15.5 Å². The molecular weight excluding hydrogens is 338 g/mol. The highest BCUT2D eigenvalue weighted by molar-refractivity contribution is 7.98. The Morgan fingerprint density at radius 1 is 1.20 bits per heavy atom. The van der Waals surface area contributed by atoms with Crippen LogP contribution in [0.1, 0.15) is 5.56 Å². The first-order valence-electron chi connectivity index (χ1n) is 7.61. The number of ether oxygens (including phenoxy) is 1. The average molecular weight is 355 g/mol. The maximum Gasteiger partial charge on any atom is 0.322 e. The van der Waals surface area contributed by atoms with E-state index in [4.69, 9.17) is 9.15 Å². The molecule has 0 saturated carbocycles. The Morgan fingerprint density at radius 3 is 2.84 bits per heavy atom. The maximum absolute atomic E-state index is 11.9. The first-order valence-corrected chi connectivity index (χ1v) is 8.84. The minimum Gasteiger partial charge on any atom is -0.484 e. The number of carbonyl (C=O) groups excluding carboxylic acids is 1. The summed E-state index contributed by atoms with van der Waals surface area (Å²) in [5.41, 5.74) is 1.86. The van der Waals surface area contributed by atoms with E-state index in [0.717, 1.165) is 16.0 Å². The third kappa shape index (κ3) is 4.60. The van der Waals surface area contributed by atoms with Crippen LogP contribution in [-0.4, -0.2) is 29.0 Å². The topological polar surface area (TPSA) is 77.2 Å². The predicted molar refractivity (Wildman–Crippen MR) is 96.8 cm³/mol. The summed E-state index contributed by atoms with van der Waals surface area (Å²) in [5, 5.41) is 10.3. The molecule has 3 rings (SSSR count). The number of carbonyl (C=O) groups is 1. The van der Waals surface area contributed by atoms with E-state index >= 15 is 0 Å². The molecular formula is C18H17N3O3S. The Balaban J connectivity index is 1.60. The predicted octanol–water partition coefficient (Wildman–Crippen LogP) is 3.78. The minimum absolute atomic E-state index is 0.0439. The van der Waals surface area contributed by atoms with Crippen LogP contribution in [0.15, 0.2) is 57.8 Å². The SMILES string of the molecule is CSc1cccc(-c2nnc(NC(=O)COc3cccc(C)c3)o2)c1. The zero-order chi connectivity index (χ0) is 17.6. The Bertz CT molecular complexity index is 879. The van der Waals surface area contributed by atoms with Crippen LogP contribution >= 0.6 is 11.8 Å². The van der Waals surface area contributed by atoms with Crippen LogP contribution in [0.25, 0.3) is 11.5 Å². The third-order valence-corrected chi connectivity index (χ3v) is 4.07. The zero-order valence-electron chi connectivity index (χ0n) is 13.9. The van der Waals surface area contributed by atoms with Gasteiger partial charge >= 0.3 is 6.01 Å². The van der Waals surface area contributed by atoms with Crippen LogP contribution in [0.2, 0.25) is 0 Å². The van der Waals surface area contributed by atoms with Crippen LogP contribution in [0.4, 0.5) is 6.01 Å². The number of aryl methyl sites for hydroxylation is 1. The van der Waals surface area contributed by atoms with Crippen molar-refractivity contribution in [3.63, 3.8) is 0 Å². The van der Waals surface area contributed by atoms with Crippen molar-refractivity contribution in [2.45, 2.75) is 11.8 Å². The van der Waals surface area contributed by atoms with Gasteiger partial charge in [-0.1, -0.05) is 23.3 Å². The molecule has 0 aliphatic carbocycles. The van der Waals surface area contributed by atoms with Gasteiger partial charge in [-0.05, 0) is 49.1 Å². The summed E-state index contributed by atoms with van der Waals surface area (Å²) in [4.78, 5) is 13.0. The molecule has 0 fully saturated rings. The van der Waals surface area contributed by atoms with Gasteiger partial charge in [0, 0.05) is 10.5 Å². The van der Waals surface area contributed by atoms with Gasteiger partial charge in [-0.15, -0.1) is 16.9 Å². The summed E-state index contributed by atoms with van der Waals surface area (Å²) in [6.07, 6.45) is 1.99. The fraction of sp³-hybridized carbons (Fsp3) is 0.167. The molecule has 0 aliphatic rings. The quantitative estimate of drug-likeness (QED) is 0.678. The molecule has 128 valence electrons. The van der Waals surface area contributed by atoms with Gasteiger partial charge in [0.15, 0.2) is 6.61 Å². The van der Waals surface area contributed by atoms with Crippen molar-refractivity contribution in [3.05, 3.63) is 54.1 Å². The number of benzene rings is 2. The van der Waals surface area contributed by atoms with Crippen LogP contribution in [0.5, 0.6) is 5.75 Å². The van der Waals surface area contributed by atoms with Crippen LogP contribution in [-0.2, 0) is 4.79 Å². The third-order valence-electron chi connectivity index (χ3n) is 3.35. The standard InChI is InChI=1S/C18H17N3O3S/c1-12-5-3-7-14(9-12)23-11-16(22)19-18-21-20-17(24-18)13-6-4-8-15(10-13)25-2/h3-10H,11H2,1-2H3,(H,19,21,22). The highest BCUT2D eigenvalue weighted by Gasteiger charge is 2.12. The smallest absolute Gasteiger partial charge is 0.322 e. The van der Waals surface area contributed by atoms with Crippen molar-refractivity contribution in [2.75, 3.05) is 18.2 Å². The minimum atomic E-state index is -0.366. The molecule has 0 bridgehead atoms. The number of rotatable bonds is 6. The second-order valence-electron chi connectivity index (χ2n) is 5.30. The molecule has 0 saturated heterocycles. The Kier molecular flexibility index (Phi) is 5.35. The van der Waals surface area contributed by atoms with Crippen molar-refractivity contribution < 1.29 is 13.9 Å². The van der Waals surface area contributed by atoms with Gasteiger partial charge in [0.2, 0.25) is 5.89 Å². The van der Waals surface area contributed by atoms with Gasteiger partial charge in [0.1, 0.15) is 5.75 Å². The van der Waals surface area contributed by atoms with Gasteiger partial charge in [-0.3, -0.25) is 10.1 Å². The average Bonchev–Trinajstić information content (AvgIpc) is 3.08. The first kappa shape index (κ1) is 17.0. The molecule has 6 nitrogen and oxygen atoms in total. The van der Waals surface area contributed by atoms with Crippen molar-refractivity contribution in [1.29, 1.82) is 0 Å². The molecule has 7 heteroatoms. The van der Waals surface area contributed by atoms with E-state index in [1.807, 2.05) is 55.6 Å². The normalized spacial score (nSPS) is 10.5. The lowest BCUT2D eigenvalue weighted by Gasteiger charge is -2.05. The van der Waals surface area contributed by atoms with Crippen molar-refractivity contribution in [3.8, 4) is 17.2 Å². The number of amides is 1. The zero-order valence-corrected chi connectivity index (χ0v) is 14.7. The lowest BCUT2D eigenvalue weighted by Crippen LogP contribution is -2.20. The summed E-state index contributed by atoms with van der Waals surface area (Å²) < 4.78 is 10.9. The van der Waals surface area contributed by atoms with Gasteiger partial charge in [-0.2, -0.15) is 0 Å². The molecule has 0 atom stereocenters. The number of nitrogens with zero attached hydrogens (tertiary/aromatic N) is 2. The molecule has 1 heterocycles. The molecule has 1 aromatic heterocycles. The molecule has 0 spiro atoms. The Hall–Kier alpha value is -2.80. The summed E-state index contributed by atoms with van der Waals surface area (Å²) in [6.45, 7) is 1.82. The summed E-state index contributed by atoms with van der Waals surface area (Å²) in [7, 11) is 0. The lowest BCUT2D eigenvalue weighted by atomic mass is 10.2. The van der Waals surface area contributed by atoms with E-state index < -0.39 is 0 Å². The number of hydrogen-bond acceptors (Lipinski definition) is 6. The van der Waals surface area contributed by atoms with Gasteiger partial charge in [-0.25, -0.2) is 0 Å². The Morgan fingerprint density at radius 2 is 2.04 bits per heavy atom. The van der Waals surface area contributed by atoms with Gasteiger partial charge in [0.25, 0.3) is 5.91 Å². The van der Waals surface area contributed by atoms with Crippen molar-refractivity contribution >= 4 is 23.7 Å². The van der Waals surface area contributed by atoms with Crippen molar-refractivity contribution in [1.82, 2.24) is 10.2 Å². The summed E-state index contributed by atoms with van der Waals surface area (Å²) >= 11 is 1.62. The Labute approximate surface area is 149 Å². The molecule has 1 N–H and O–H groups in total. The molecule has 25 heavy (non-hydrogen) atoms. The van der Waals surface area contributed by atoms with Crippen LogP contribution in [0, 0.1) is 6.92 Å². The van der Waals surface area contributed by atoms with Crippen LogP contribution in [0.3, 0.4) is 0 Å². The molecule has 3 aromatic rings. The molecule has 0 aliphatic heterocycles. The number of anilines is 1. The van der Waals surface area contributed by atoms with E-state index in [1.54, 1.807) is 17.8 Å². The fourth-order valence-electron chi connectivity index (χ4n) is 2.16. The maximum atomic E-state index is 11.9. The number of nitrogens with one attached hydrogen (secondary N) is 1. The van der Waals surface area contributed by atoms with Crippen LogP contribution < -0.4 is 10.1 Å². The molecule has 2 aromatic carbocycles. The van der Waals surface area contributed by atoms with Gasteiger partial charge in [0.05, 0.1) is 0 Å². The van der Waals surface area contributed by atoms with E-state index in [-0.39, 0.29) is 18.5 Å². The fourth-order valence-corrected chi connectivity index (χ4v) is 2.62. The largest absolute Gasteiger partial charge is 0.484 e. The highest BCUT2D eigenvalue weighted by atomic mass is 32.2. The van der Waals surface area contributed by atoms with E-state index in [9.17, 15) is 4.79 Å². The van der Waals surface area contributed by atoms with Gasteiger partial charge < -0.3 is 9.15 Å².